The molecule has 7 heteroatoms. The fraction of sp³-hybridized carbons (Fsp3) is 0.667. The first-order chi connectivity index (χ1) is 10.4. The van der Waals surface area contributed by atoms with Crippen molar-refractivity contribution in [1.29, 1.82) is 0 Å². The lowest BCUT2D eigenvalue weighted by molar-refractivity contribution is 0.0685. The maximum atomic E-state index is 12.8. The number of aryl methyl sites for hydroxylation is 1. The van der Waals surface area contributed by atoms with Crippen molar-refractivity contribution in [3.8, 4) is 0 Å². The molecule has 0 unspecified atom stereocenters. The Bertz CT molecular complexity index is 628. The van der Waals surface area contributed by atoms with Crippen molar-refractivity contribution in [1.82, 2.24) is 8.87 Å². The molecular formula is C15H24N2O4S. The number of carbonyl (C=O) groups is 1. The molecule has 22 heavy (non-hydrogen) atoms. The lowest BCUT2D eigenvalue weighted by Crippen LogP contribution is -2.36. The third kappa shape index (κ3) is 3.35. The average molecular weight is 328 g/mol. The highest BCUT2D eigenvalue weighted by molar-refractivity contribution is 7.89. The van der Waals surface area contributed by atoms with Crippen LogP contribution in [0.15, 0.2) is 17.2 Å². The Kier molecular flexibility index (Phi) is 5.28. The van der Waals surface area contributed by atoms with Crippen molar-refractivity contribution in [2.75, 3.05) is 7.05 Å². The molecule has 0 aliphatic heterocycles. The molecule has 0 atom stereocenters. The van der Waals surface area contributed by atoms with Gasteiger partial charge in [0.1, 0.15) is 10.6 Å². The Morgan fingerprint density at radius 1 is 1.32 bits per heavy atom. The standard InChI is InChI=1S/C15H24N2O4S/c1-3-17-11-13(10-14(17)15(18)19)22(20,21)16(2)12-8-6-4-5-7-9-12/h10-12H,3-9H2,1-2H3,(H,18,19). The number of sulfonamides is 1. The first kappa shape index (κ1) is 17.0. The van der Waals surface area contributed by atoms with Gasteiger partial charge in [-0.3, -0.25) is 0 Å². The van der Waals surface area contributed by atoms with Crippen molar-refractivity contribution >= 4 is 16.0 Å². The van der Waals surface area contributed by atoms with Gasteiger partial charge in [0.15, 0.2) is 0 Å². The molecule has 0 saturated heterocycles. The largest absolute Gasteiger partial charge is 0.477 e. The molecule has 124 valence electrons. The number of carboxylic acids is 1. The van der Waals surface area contributed by atoms with Gasteiger partial charge in [-0.25, -0.2) is 13.2 Å². The monoisotopic (exact) mass is 328 g/mol. The normalized spacial score (nSPS) is 17.6. The van der Waals surface area contributed by atoms with Crippen molar-refractivity contribution in [3.05, 3.63) is 18.0 Å². The Labute approximate surface area is 131 Å². The number of rotatable bonds is 5. The highest BCUT2D eigenvalue weighted by Gasteiger charge is 2.30. The Morgan fingerprint density at radius 3 is 2.36 bits per heavy atom. The molecular weight excluding hydrogens is 304 g/mol. The first-order valence-corrected chi connectivity index (χ1v) is 9.23. The van der Waals surface area contributed by atoms with Gasteiger partial charge in [0, 0.05) is 25.8 Å². The molecule has 1 N–H and O–H groups in total. The van der Waals surface area contributed by atoms with E-state index in [1.54, 1.807) is 14.0 Å². The van der Waals surface area contributed by atoms with Crippen LogP contribution in [0.5, 0.6) is 0 Å². The molecule has 0 aromatic carbocycles. The maximum Gasteiger partial charge on any atom is 0.352 e. The molecule has 1 saturated carbocycles. The van der Waals surface area contributed by atoms with E-state index in [-0.39, 0.29) is 16.6 Å². The van der Waals surface area contributed by atoms with Crippen molar-refractivity contribution in [3.63, 3.8) is 0 Å². The van der Waals surface area contributed by atoms with Crippen LogP contribution < -0.4 is 0 Å². The van der Waals surface area contributed by atoms with E-state index in [9.17, 15) is 18.3 Å². The third-order valence-corrected chi connectivity index (χ3v) is 6.32. The summed E-state index contributed by atoms with van der Waals surface area (Å²) in [5.41, 5.74) is 0.00958. The zero-order valence-corrected chi connectivity index (χ0v) is 14.0. The van der Waals surface area contributed by atoms with Gasteiger partial charge in [-0.05, 0) is 25.8 Å². The fourth-order valence-corrected chi connectivity index (χ4v) is 4.51. The Morgan fingerprint density at radius 2 is 1.91 bits per heavy atom. The summed E-state index contributed by atoms with van der Waals surface area (Å²) in [5, 5.41) is 9.17. The Hall–Kier alpha value is -1.34. The second-order valence-electron chi connectivity index (χ2n) is 5.82. The van der Waals surface area contributed by atoms with E-state index in [1.807, 2.05) is 0 Å². The Balaban J connectivity index is 2.30. The average Bonchev–Trinajstić information content (AvgIpc) is 2.76. The number of nitrogens with zero attached hydrogens (tertiary/aromatic N) is 2. The van der Waals surface area contributed by atoms with E-state index >= 15 is 0 Å². The molecule has 1 aliphatic carbocycles. The van der Waals surface area contributed by atoms with Gasteiger partial charge in [0.25, 0.3) is 0 Å². The highest BCUT2D eigenvalue weighted by Crippen LogP contribution is 2.26. The number of aromatic nitrogens is 1. The van der Waals surface area contributed by atoms with Crippen molar-refractivity contribution in [2.24, 2.45) is 0 Å². The minimum Gasteiger partial charge on any atom is -0.477 e. The van der Waals surface area contributed by atoms with E-state index in [0.717, 1.165) is 38.5 Å². The van der Waals surface area contributed by atoms with E-state index in [2.05, 4.69) is 0 Å². The lowest BCUT2D eigenvalue weighted by atomic mass is 10.1. The van der Waals surface area contributed by atoms with Crippen LogP contribution in [0.1, 0.15) is 55.9 Å². The van der Waals surface area contributed by atoms with Crippen LogP contribution in [0.4, 0.5) is 0 Å². The van der Waals surface area contributed by atoms with E-state index in [1.165, 1.54) is 21.1 Å². The van der Waals surface area contributed by atoms with Gasteiger partial charge in [-0.1, -0.05) is 25.7 Å². The van der Waals surface area contributed by atoms with E-state index in [0.29, 0.717) is 6.54 Å². The van der Waals surface area contributed by atoms with Gasteiger partial charge in [-0.15, -0.1) is 0 Å². The summed E-state index contributed by atoms with van der Waals surface area (Å²) in [6, 6.07) is 1.26. The quantitative estimate of drug-likeness (QED) is 0.842. The summed E-state index contributed by atoms with van der Waals surface area (Å²) >= 11 is 0. The first-order valence-electron chi connectivity index (χ1n) is 7.79. The zero-order valence-electron chi connectivity index (χ0n) is 13.2. The molecule has 0 radical (unpaired) electrons. The minimum absolute atomic E-state index is 0.00533. The predicted molar refractivity (Wildman–Crippen MR) is 83.5 cm³/mol. The second kappa shape index (κ2) is 6.83. The number of aromatic carboxylic acids is 1. The summed E-state index contributed by atoms with van der Waals surface area (Å²) in [6.07, 6.45) is 7.55. The molecule has 1 aliphatic rings. The van der Waals surface area contributed by atoms with Crippen LogP contribution in [0.25, 0.3) is 0 Å². The number of hydrogen-bond donors (Lipinski definition) is 1. The molecule has 1 aromatic heterocycles. The van der Waals surface area contributed by atoms with Crippen LogP contribution in [-0.2, 0) is 16.6 Å². The van der Waals surface area contributed by atoms with Gasteiger partial charge in [0.05, 0.1) is 0 Å². The van der Waals surface area contributed by atoms with Crippen molar-refractivity contribution < 1.29 is 18.3 Å². The van der Waals surface area contributed by atoms with Crippen LogP contribution in [0.2, 0.25) is 0 Å². The topological polar surface area (TPSA) is 79.6 Å². The second-order valence-corrected chi connectivity index (χ2v) is 7.82. The summed E-state index contributed by atoms with van der Waals surface area (Å²) in [6.45, 7) is 2.21. The van der Waals surface area contributed by atoms with Crippen LogP contribution in [0.3, 0.4) is 0 Å². The van der Waals surface area contributed by atoms with Gasteiger partial charge in [0.2, 0.25) is 10.0 Å². The summed E-state index contributed by atoms with van der Waals surface area (Å²) in [5.74, 6) is -1.11. The highest BCUT2D eigenvalue weighted by atomic mass is 32.2. The number of carboxylic acid groups (broad SMARTS) is 1. The summed E-state index contributed by atoms with van der Waals surface area (Å²) < 4.78 is 28.4. The lowest BCUT2D eigenvalue weighted by Gasteiger charge is -2.25. The maximum absolute atomic E-state index is 12.8. The van der Waals surface area contributed by atoms with Gasteiger partial charge in [-0.2, -0.15) is 4.31 Å². The zero-order chi connectivity index (χ0) is 16.3. The summed E-state index contributed by atoms with van der Waals surface area (Å²) in [7, 11) is -2.04. The smallest absolute Gasteiger partial charge is 0.352 e. The summed E-state index contributed by atoms with van der Waals surface area (Å²) in [4.78, 5) is 11.3. The fourth-order valence-electron chi connectivity index (χ4n) is 3.05. The minimum atomic E-state index is -3.65. The molecule has 1 fully saturated rings. The number of hydrogen-bond acceptors (Lipinski definition) is 3. The third-order valence-electron chi connectivity index (χ3n) is 4.45. The van der Waals surface area contributed by atoms with Gasteiger partial charge >= 0.3 is 5.97 Å². The molecule has 0 bridgehead atoms. The SMILES string of the molecule is CCn1cc(S(=O)(=O)N(C)C2CCCCCC2)cc1C(=O)O. The van der Waals surface area contributed by atoms with E-state index in [4.69, 9.17) is 0 Å². The molecule has 1 aromatic rings. The van der Waals surface area contributed by atoms with Gasteiger partial charge < -0.3 is 9.67 Å². The van der Waals surface area contributed by atoms with Crippen LogP contribution in [0, 0.1) is 0 Å². The molecule has 2 rings (SSSR count). The molecule has 0 amide bonds. The van der Waals surface area contributed by atoms with Crippen LogP contribution >= 0.6 is 0 Å². The molecule has 0 spiro atoms. The molecule has 1 heterocycles. The van der Waals surface area contributed by atoms with Crippen molar-refractivity contribution in [2.45, 2.75) is 62.9 Å². The molecule has 6 nitrogen and oxygen atoms in total. The predicted octanol–water partition coefficient (Wildman–Crippen LogP) is 2.55. The van der Waals surface area contributed by atoms with E-state index < -0.39 is 16.0 Å². The van der Waals surface area contributed by atoms with Crippen LogP contribution in [-0.4, -0.2) is 41.5 Å².